The van der Waals surface area contributed by atoms with Crippen LogP contribution < -0.4 is 5.11 Å². The molecule has 1 aromatic rings. The van der Waals surface area contributed by atoms with Gasteiger partial charge < -0.3 is 19.9 Å². The Hall–Kier alpha value is -1.95. The summed E-state index contributed by atoms with van der Waals surface area (Å²) in [7, 11) is 0. The van der Waals surface area contributed by atoms with Crippen LogP contribution in [0.15, 0.2) is 24.3 Å². The van der Waals surface area contributed by atoms with E-state index in [0.29, 0.717) is 0 Å². The highest BCUT2D eigenvalue weighted by Gasteiger charge is 2.35. The number of benzene rings is 1. The average Bonchev–Trinajstić information content (AvgIpc) is 2.71. The van der Waals surface area contributed by atoms with E-state index in [1.165, 1.54) is 12.1 Å². The molecule has 1 saturated heterocycles. The molecule has 1 fully saturated rings. The molecule has 5 nitrogen and oxygen atoms in total. The van der Waals surface area contributed by atoms with Gasteiger partial charge in [-0.3, -0.25) is 4.79 Å². The van der Waals surface area contributed by atoms with Crippen LogP contribution in [0.2, 0.25) is 0 Å². The third kappa shape index (κ3) is 2.33. The van der Waals surface area contributed by atoms with Crippen LogP contribution in [0.25, 0.3) is 0 Å². The van der Waals surface area contributed by atoms with E-state index in [2.05, 4.69) is 0 Å². The van der Waals surface area contributed by atoms with Crippen molar-refractivity contribution >= 4 is 11.9 Å². The highest BCUT2D eigenvalue weighted by Crippen LogP contribution is 2.20. The summed E-state index contributed by atoms with van der Waals surface area (Å²) in [6.07, 6.45) is -0.924. The molecule has 0 aliphatic carbocycles. The zero-order chi connectivity index (χ0) is 13.3. The van der Waals surface area contributed by atoms with Crippen LogP contribution in [0.3, 0.4) is 0 Å². The lowest BCUT2D eigenvalue weighted by atomic mass is 10.1. The van der Waals surface area contributed by atoms with Crippen molar-refractivity contribution in [3.05, 3.63) is 35.6 Å². The van der Waals surface area contributed by atoms with Gasteiger partial charge >= 0.3 is 0 Å². The van der Waals surface area contributed by atoms with Crippen LogP contribution in [0.1, 0.15) is 16.8 Å². The zero-order valence-electron chi connectivity index (χ0n) is 9.38. The van der Waals surface area contributed by atoms with Crippen LogP contribution in [0.5, 0.6) is 0 Å². The van der Waals surface area contributed by atoms with Crippen LogP contribution in [0.4, 0.5) is 4.39 Å². The number of carbonyl (C=O) groups excluding carboxylic acids is 2. The lowest BCUT2D eigenvalue weighted by Crippen LogP contribution is -2.47. The Bertz CT molecular complexity index is 473. The molecule has 1 aliphatic rings. The number of likely N-dealkylation sites (tertiary alicyclic amines) is 1. The summed E-state index contributed by atoms with van der Waals surface area (Å²) >= 11 is 0. The molecule has 0 radical (unpaired) electrons. The fourth-order valence-corrected chi connectivity index (χ4v) is 2.02. The van der Waals surface area contributed by atoms with E-state index >= 15 is 0 Å². The Kier molecular flexibility index (Phi) is 3.29. The van der Waals surface area contributed by atoms with Crippen LogP contribution in [-0.2, 0) is 4.79 Å². The summed E-state index contributed by atoms with van der Waals surface area (Å²) in [6, 6.07) is 3.64. The Balaban J connectivity index is 2.22. The molecule has 0 saturated carbocycles. The van der Waals surface area contributed by atoms with E-state index in [0.717, 1.165) is 17.0 Å². The Morgan fingerprint density at radius 1 is 1.33 bits per heavy atom. The van der Waals surface area contributed by atoms with E-state index in [1.54, 1.807) is 0 Å². The second kappa shape index (κ2) is 4.73. The number of carbonyl (C=O) groups is 2. The minimum atomic E-state index is -1.40. The quantitative estimate of drug-likeness (QED) is 0.743. The van der Waals surface area contributed by atoms with Crippen molar-refractivity contribution in [1.29, 1.82) is 0 Å². The third-order valence-corrected chi connectivity index (χ3v) is 2.90. The van der Waals surface area contributed by atoms with Crippen molar-refractivity contribution in [3.8, 4) is 0 Å². The second-order valence-electron chi connectivity index (χ2n) is 4.19. The van der Waals surface area contributed by atoms with Gasteiger partial charge in [0.1, 0.15) is 5.82 Å². The molecule has 1 aliphatic heterocycles. The largest absolute Gasteiger partial charge is 0.548 e. The van der Waals surface area contributed by atoms with E-state index < -0.39 is 29.8 Å². The first-order valence-corrected chi connectivity index (χ1v) is 5.44. The summed E-state index contributed by atoms with van der Waals surface area (Å²) in [5.74, 6) is -2.44. The van der Waals surface area contributed by atoms with Gasteiger partial charge in [-0.2, -0.15) is 0 Å². The maximum Gasteiger partial charge on any atom is 0.254 e. The molecular weight excluding hydrogens is 241 g/mol. The van der Waals surface area contributed by atoms with Crippen LogP contribution in [0, 0.1) is 5.82 Å². The van der Waals surface area contributed by atoms with Gasteiger partial charge in [0.25, 0.3) is 5.91 Å². The monoisotopic (exact) mass is 252 g/mol. The number of nitrogens with zero attached hydrogens (tertiary/aromatic N) is 1. The normalized spacial score (nSPS) is 23.1. The second-order valence-corrected chi connectivity index (χ2v) is 4.19. The zero-order valence-corrected chi connectivity index (χ0v) is 9.38. The van der Waals surface area contributed by atoms with Gasteiger partial charge in [0.05, 0.1) is 18.1 Å². The Labute approximate surface area is 102 Å². The van der Waals surface area contributed by atoms with Gasteiger partial charge in [0.2, 0.25) is 0 Å². The predicted molar refractivity (Wildman–Crippen MR) is 56.9 cm³/mol. The van der Waals surface area contributed by atoms with Crippen molar-refractivity contribution < 1.29 is 24.2 Å². The van der Waals surface area contributed by atoms with E-state index in [9.17, 15) is 24.2 Å². The molecule has 0 unspecified atom stereocenters. The Morgan fingerprint density at radius 3 is 2.50 bits per heavy atom. The highest BCUT2D eigenvalue weighted by atomic mass is 19.1. The van der Waals surface area contributed by atoms with Gasteiger partial charge in [-0.05, 0) is 24.3 Å². The van der Waals surface area contributed by atoms with Crippen molar-refractivity contribution in [3.63, 3.8) is 0 Å². The van der Waals surface area contributed by atoms with Gasteiger partial charge in [0.15, 0.2) is 0 Å². The number of aliphatic hydroxyl groups is 1. The molecule has 0 aromatic heterocycles. The summed E-state index contributed by atoms with van der Waals surface area (Å²) in [4.78, 5) is 23.9. The molecule has 1 aromatic carbocycles. The number of rotatable bonds is 2. The van der Waals surface area contributed by atoms with Crippen molar-refractivity contribution in [2.75, 3.05) is 6.54 Å². The fraction of sp³-hybridized carbons (Fsp3) is 0.333. The van der Waals surface area contributed by atoms with Crippen LogP contribution >= 0.6 is 0 Å². The summed E-state index contributed by atoms with van der Waals surface area (Å²) in [6.45, 7) is -0.0607. The van der Waals surface area contributed by atoms with E-state index in [1.807, 2.05) is 0 Å². The number of β-amino-alcohol motifs (C(OH)–C–C–N with tert-alkyl or cyclic N) is 1. The summed E-state index contributed by atoms with van der Waals surface area (Å²) < 4.78 is 12.7. The first-order chi connectivity index (χ1) is 8.49. The van der Waals surface area contributed by atoms with Crippen molar-refractivity contribution in [2.45, 2.75) is 18.6 Å². The van der Waals surface area contributed by atoms with Crippen molar-refractivity contribution in [2.24, 2.45) is 0 Å². The number of halogens is 1. The average molecular weight is 252 g/mol. The van der Waals surface area contributed by atoms with Gasteiger partial charge in [-0.1, -0.05) is 0 Å². The summed E-state index contributed by atoms with van der Waals surface area (Å²) in [5.41, 5.74) is 0.178. The van der Waals surface area contributed by atoms with Gasteiger partial charge in [-0.25, -0.2) is 4.39 Å². The first-order valence-electron chi connectivity index (χ1n) is 5.44. The standard InChI is InChI=1S/C12H12FNO4/c13-8-3-1-7(2-4-8)11(16)14-6-9(15)5-10(14)12(17)18/h1-4,9-10,15H,5-6H2,(H,17,18)/p-1/t9-,10+/m1/s1. The number of aliphatic carboxylic acids is 1. The smallest absolute Gasteiger partial charge is 0.254 e. The molecule has 2 atom stereocenters. The highest BCUT2D eigenvalue weighted by molar-refractivity contribution is 5.96. The molecule has 1 heterocycles. The molecule has 18 heavy (non-hydrogen) atoms. The number of amides is 1. The fourth-order valence-electron chi connectivity index (χ4n) is 2.02. The number of aliphatic hydroxyl groups excluding tert-OH is 1. The van der Waals surface area contributed by atoms with Crippen LogP contribution in [-0.4, -0.2) is 40.6 Å². The van der Waals surface area contributed by atoms with Gasteiger partial charge in [-0.15, -0.1) is 0 Å². The number of carboxylic acids is 1. The molecule has 6 heteroatoms. The van der Waals surface area contributed by atoms with E-state index in [-0.39, 0.29) is 18.5 Å². The minimum absolute atomic E-state index is 0.0464. The topological polar surface area (TPSA) is 80.7 Å². The number of hydrogen-bond donors (Lipinski definition) is 1. The Morgan fingerprint density at radius 2 is 1.94 bits per heavy atom. The molecule has 96 valence electrons. The lowest BCUT2D eigenvalue weighted by molar-refractivity contribution is -0.310. The molecule has 0 bridgehead atoms. The predicted octanol–water partition coefficient (Wildman–Crippen LogP) is -0.849. The van der Waals surface area contributed by atoms with Gasteiger partial charge in [0, 0.05) is 18.5 Å². The van der Waals surface area contributed by atoms with Crippen molar-refractivity contribution in [1.82, 2.24) is 4.90 Å². The molecular formula is C12H11FNO4-. The lowest BCUT2D eigenvalue weighted by Gasteiger charge is -2.25. The summed E-state index contributed by atoms with van der Waals surface area (Å²) in [5, 5.41) is 20.3. The third-order valence-electron chi connectivity index (χ3n) is 2.90. The number of carboxylic acid groups (broad SMARTS) is 1. The molecule has 2 rings (SSSR count). The van der Waals surface area contributed by atoms with E-state index in [4.69, 9.17) is 0 Å². The minimum Gasteiger partial charge on any atom is -0.548 e. The first kappa shape index (κ1) is 12.5. The molecule has 0 spiro atoms. The maximum absolute atomic E-state index is 12.7. The SMILES string of the molecule is O=C([O-])[C@@H]1C[C@@H](O)CN1C(=O)c1ccc(F)cc1. The maximum atomic E-state index is 12.7. The number of hydrogen-bond acceptors (Lipinski definition) is 4. The molecule has 1 N–H and O–H groups in total. The molecule has 1 amide bonds.